The van der Waals surface area contributed by atoms with E-state index in [9.17, 15) is 13.9 Å². The van der Waals surface area contributed by atoms with E-state index in [4.69, 9.17) is 0 Å². The summed E-state index contributed by atoms with van der Waals surface area (Å²) >= 11 is 0. The van der Waals surface area contributed by atoms with E-state index in [1.54, 1.807) is 0 Å². The van der Waals surface area contributed by atoms with Gasteiger partial charge in [-0.2, -0.15) is 0 Å². The standard InChI is InChI=1S/C10H10F2O/c1-2-3-10(13)7-4-5-8(11)9(12)6-7/h2,4-6,10,13H,1,3H2/t10-/m1/s1. The number of halogens is 2. The third-order valence-electron chi connectivity index (χ3n) is 1.72. The maximum atomic E-state index is 12.7. The quantitative estimate of drug-likeness (QED) is 0.716. The molecule has 0 radical (unpaired) electrons. The first-order valence-corrected chi connectivity index (χ1v) is 3.89. The Morgan fingerprint density at radius 3 is 2.62 bits per heavy atom. The Labute approximate surface area is 75.3 Å². The van der Waals surface area contributed by atoms with Crippen LogP contribution in [-0.2, 0) is 0 Å². The molecule has 70 valence electrons. The number of hydrogen-bond acceptors (Lipinski definition) is 1. The van der Waals surface area contributed by atoms with Crippen molar-refractivity contribution >= 4 is 0 Å². The molecule has 0 fully saturated rings. The summed E-state index contributed by atoms with van der Waals surface area (Å²) in [6.45, 7) is 3.44. The molecule has 13 heavy (non-hydrogen) atoms. The first kappa shape index (κ1) is 9.86. The Bertz CT molecular complexity index is 310. The summed E-state index contributed by atoms with van der Waals surface area (Å²) in [5.41, 5.74) is 0.360. The summed E-state index contributed by atoms with van der Waals surface area (Å²) in [7, 11) is 0. The minimum Gasteiger partial charge on any atom is -0.388 e. The van der Waals surface area contributed by atoms with E-state index in [2.05, 4.69) is 6.58 Å². The van der Waals surface area contributed by atoms with Gasteiger partial charge in [0.1, 0.15) is 0 Å². The zero-order chi connectivity index (χ0) is 9.84. The van der Waals surface area contributed by atoms with Crippen LogP contribution < -0.4 is 0 Å². The van der Waals surface area contributed by atoms with Gasteiger partial charge >= 0.3 is 0 Å². The number of aliphatic hydroxyl groups is 1. The second-order valence-corrected chi connectivity index (χ2v) is 2.71. The minimum atomic E-state index is -0.944. The third-order valence-corrected chi connectivity index (χ3v) is 1.72. The molecular formula is C10H10F2O. The van der Waals surface area contributed by atoms with Crippen molar-refractivity contribution in [3.8, 4) is 0 Å². The molecule has 0 aliphatic rings. The fourth-order valence-corrected chi connectivity index (χ4v) is 1.01. The molecule has 0 bridgehead atoms. The molecule has 1 nitrogen and oxygen atoms in total. The lowest BCUT2D eigenvalue weighted by Crippen LogP contribution is -1.97. The first-order valence-electron chi connectivity index (χ1n) is 3.89. The lowest BCUT2D eigenvalue weighted by molar-refractivity contribution is 0.181. The van der Waals surface area contributed by atoms with Gasteiger partial charge in [0.2, 0.25) is 0 Å². The Kier molecular flexibility index (Phi) is 3.14. The van der Waals surface area contributed by atoms with Crippen LogP contribution in [0.1, 0.15) is 18.1 Å². The largest absolute Gasteiger partial charge is 0.388 e. The number of rotatable bonds is 3. The van der Waals surface area contributed by atoms with Crippen LogP contribution in [0.25, 0.3) is 0 Å². The predicted octanol–water partition coefficient (Wildman–Crippen LogP) is 2.57. The highest BCUT2D eigenvalue weighted by Gasteiger charge is 2.08. The van der Waals surface area contributed by atoms with Gasteiger partial charge < -0.3 is 5.11 Å². The SMILES string of the molecule is C=CC[C@@H](O)c1ccc(F)c(F)c1. The van der Waals surface area contributed by atoms with Gasteiger partial charge in [-0.25, -0.2) is 8.78 Å². The van der Waals surface area contributed by atoms with Crippen molar-refractivity contribution in [1.82, 2.24) is 0 Å². The van der Waals surface area contributed by atoms with Crippen LogP contribution in [0.2, 0.25) is 0 Å². The fourth-order valence-electron chi connectivity index (χ4n) is 1.01. The molecule has 1 aromatic rings. The summed E-state index contributed by atoms with van der Waals surface area (Å²) in [6.07, 6.45) is 1.03. The average Bonchev–Trinajstić information content (AvgIpc) is 2.10. The van der Waals surface area contributed by atoms with Crippen LogP contribution in [-0.4, -0.2) is 5.11 Å². The molecule has 0 aliphatic heterocycles. The monoisotopic (exact) mass is 184 g/mol. The minimum absolute atomic E-state index is 0.324. The lowest BCUT2D eigenvalue weighted by Gasteiger charge is -2.07. The molecule has 1 aromatic carbocycles. The molecule has 0 aromatic heterocycles. The molecule has 1 N–H and O–H groups in total. The van der Waals surface area contributed by atoms with E-state index >= 15 is 0 Å². The van der Waals surface area contributed by atoms with E-state index in [-0.39, 0.29) is 0 Å². The lowest BCUT2D eigenvalue weighted by atomic mass is 10.1. The maximum absolute atomic E-state index is 12.7. The van der Waals surface area contributed by atoms with Crippen molar-refractivity contribution in [2.24, 2.45) is 0 Å². The van der Waals surface area contributed by atoms with Gasteiger partial charge in [0.25, 0.3) is 0 Å². The average molecular weight is 184 g/mol. The van der Waals surface area contributed by atoms with Crippen molar-refractivity contribution in [2.45, 2.75) is 12.5 Å². The second kappa shape index (κ2) is 4.14. The van der Waals surface area contributed by atoms with Gasteiger partial charge in [-0.3, -0.25) is 0 Å². The van der Waals surface area contributed by atoms with Crippen molar-refractivity contribution in [3.05, 3.63) is 48.1 Å². The Morgan fingerprint density at radius 1 is 1.38 bits per heavy atom. The second-order valence-electron chi connectivity index (χ2n) is 2.71. The zero-order valence-corrected chi connectivity index (χ0v) is 7.00. The van der Waals surface area contributed by atoms with Crippen LogP contribution >= 0.6 is 0 Å². The summed E-state index contributed by atoms with van der Waals surface area (Å²) in [5, 5.41) is 9.38. The molecular weight excluding hydrogens is 174 g/mol. The van der Waals surface area contributed by atoms with Gasteiger partial charge in [-0.1, -0.05) is 12.1 Å². The molecule has 0 spiro atoms. The molecule has 0 saturated heterocycles. The molecule has 3 heteroatoms. The molecule has 0 unspecified atom stereocenters. The van der Waals surface area contributed by atoms with Crippen LogP contribution in [0.3, 0.4) is 0 Å². The van der Waals surface area contributed by atoms with E-state index < -0.39 is 17.7 Å². The smallest absolute Gasteiger partial charge is 0.159 e. The normalized spacial score (nSPS) is 12.5. The van der Waals surface area contributed by atoms with Crippen LogP contribution in [0.15, 0.2) is 30.9 Å². The fraction of sp³-hybridized carbons (Fsp3) is 0.200. The molecule has 0 amide bonds. The molecule has 1 atom stereocenters. The third kappa shape index (κ3) is 2.36. The number of hydrogen-bond donors (Lipinski definition) is 1. The van der Waals surface area contributed by atoms with E-state index in [1.165, 1.54) is 12.1 Å². The van der Waals surface area contributed by atoms with Gasteiger partial charge in [-0.05, 0) is 24.1 Å². The van der Waals surface area contributed by atoms with E-state index in [0.29, 0.717) is 12.0 Å². The summed E-state index contributed by atoms with van der Waals surface area (Å²) in [6, 6.07) is 3.34. The van der Waals surface area contributed by atoms with Crippen LogP contribution in [0.5, 0.6) is 0 Å². The van der Waals surface area contributed by atoms with Crippen LogP contribution in [0, 0.1) is 11.6 Å². The van der Waals surface area contributed by atoms with E-state index in [1.807, 2.05) is 0 Å². The summed E-state index contributed by atoms with van der Waals surface area (Å²) in [5.74, 6) is -1.85. The topological polar surface area (TPSA) is 20.2 Å². The molecule has 1 rings (SSSR count). The Balaban J connectivity index is 2.89. The number of aliphatic hydroxyl groups excluding tert-OH is 1. The Hall–Kier alpha value is -1.22. The highest BCUT2D eigenvalue weighted by atomic mass is 19.2. The Morgan fingerprint density at radius 2 is 2.08 bits per heavy atom. The summed E-state index contributed by atoms with van der Waals surface area (Å²) < 4.78 is 25.1. The van der Waals surface area contributed by atoms with Crippen molar-refractivity contribution in [2.75, 3.05) is 0 Å². The van der Waals surface area contributed by atoms with Crippen molar-refractivity contribution in [1.29, 1.82) is 0 Å². The summed E-state index contributed by atoms with van der Waals surface area (Å²) in [4.78, 5) is 0. The van der Waals surface area contributed by atoms with Gasteiger partial charge in [0.15, 0.2) is 11.6 Å². The maximum Gasteiger partial charge on any atom is 0.159 e. The van der Waals surface area contributed by atoms with Gasteiger partial charge in [-0.15, -0.1) is 6.58 Å². The molecule has 0 saturated carbocycles. The van der Waals surface area contributed by atoms with Crippen molar-refractivity contribution < 1.29 is 13.9 Å². The van der Waals surface area contributed by atoms with Crippen molar-refractivity contribution in [3.63, 3.8) is 0 Å². The molecule has 0 heterocycles. The van der Waals surface area contributed by atoms with Gasteiger partial charge in [0.05, 0.1) is 6.10 Å². The molecule has 0 aliphatic carbocycles. The zero-order valence-electron chi connectivity index (χ0n) is 7.00. The van der Waals surface area contributed by atoms with Gasteiger partial charge in [0, 0.05) is 0 Å². The predicted molar refractivity (Wildman–Crippen MR) is 46.1 cm³/mol. The van der Waals surface area contributed by atoms with Crippen LogP contribution in [0.4, 0.5) is 8.78 Å². The van der Waals surface area contributed by atoms with E-state index in [0.717, 1.165) is 12.1 Å². The highest BCUT2D eigenvalue weighted by molar-refractivity contribution is 5.20. The first-order chi connectivity index (χ1) is 6.15. The number of benzene rings is 1. The highest BCUT2D eigenvalue weighted by Crippen LogP contribution is 2.18.